The van der Waals surface area contributed by atoms with Gasteiger partial charge in [-0.25, -0.2) is 0 Å². The topological polar surface area (TPSA) is 47.6 Å². The van der Waals surface area contributed by atoms with Crippen LogP contribution in [0.3, 0.4) is 0 Å². The molecule has 4 nitrogen and oxygen atoms in total. The number of thioether (sulfide) groups is 1. The Morgan fingerprint density at radius 3 is 2.73 bits per heavy atom. The Hall–Kier alpha value is -1.85. The van der Waals surface area contributed by atoms with Gasteiger partial charge in [0.25, 0.3) is 0 Å². The van der Waals surface area contributed by atoms with Gasteiger partial charge >= 0.3 is 0 Å². The van der Waals surface area contributed by atoms with Gasteiger partial charge in [0, 0.05) is 16.5 Å². The van der Waals surface area contributed by atoms with E-state index >= 15 is 0 Å². The number of rotatable bonds is 5. The van der Waals surface area contributed by atoms with Gasteiger partial charge in [0.15, 0.2) is 11.5 Å². The largest absolute Gasteiger partial charge is 0.454 e. The number of carbonyl (C=O) groups is 1. The van der Waals surface area contributed by atoms with E-state index in [4.69, 9.17) is 21.1 Å². The molecule has 1 heterocycles. The standard InChI is InChI=1S/C16H14ClNO3S/c17-12-2-4-13(5-3-12)22-9-16(19)18-8-11-1-6-14-15(7-11)21-10-20-14/h1-7H,8-10H2,(H,18,19). The van der Waals surface area contributed by atoms with Gasteiger partial charge in [-0.15, -0.1) is 11.8 Å². The Morgan fingerprint density at radius 2 is 1.91 bits per heavy atom. The van der Waals surface area contributed by atoms with Crippen LogP contribution in [0, 0.1) is 0 Å². The number of hydrogen-bond acceptors (Lipinski definition) is 4. The molecule has 1 N–H and O–H groups in total. The van der Waals surface area contributed by atoms with Crippen molar-refractivity contribution in [3.05, 3.63) is 53.1 Å². The molecular weight excluding hydrogens is 322 g/mol. The van der Waals surface area contributed by atoms with Crippen molar-refractivity contribution in [2.24, 2.45) is 0 Å². The van der Waals surface area contributed by atoms with Gasteiger partial charge in [-0.05, 0) is 42.0 Å². The van der Waals surface area contributed by atoms with Crippen molar-refractivity contribution in [1.29, 1.82) is 0 Å². The van der Waals surface area contributed by atoms with Crippen molar-refractivity contribution >= 4 is 29.3 Å². The summed E-state index contributed by atoms with van der Waals surface area (Å²) in [5, 5.41) is 3.58. The minimum atomic E-state index is -0.0161. The van der Waals surface area contributed by atoms with E-state index in [0.29, 0.717) is 17.3 Å². The van der Waals surface area contributed by atoms with Crippen molar-refractivity contribution in [3.63, 3.8) is 0 Å². The van der Waals surface area contributed by atoms with E-state index in [9.17, 15) is 4.79 Å². The van der Waals surface area contributed by atoms with E-state index in [0.717, 1.165) is 22.0 Å². The van der Waals surface area contributed by atoms with Gasteiger partial charge in [0.1, 0.15) is 0 Å². The molecule has 3 rings (SSSR count). The van der Waals surface area contributed by atoms with Crippen molar-refractivity contribution in [1.82, 2.24) is 5.32 Å². The van der Waals surface area contributed by atoms with Crippen LogP contribution in [-0.2, 0) is 11.3 Å². The molecule has 1 aliphatic heterocycles. The minimum Gasteiger partial charge on any atom is -0.454 e. The Labute approximate surface area is 137 Å². The molecule has 0 spiro atoms. The Morgan fingerprint density at radius 1 is 1.14 bits per heavy atom. The monoisotopic (exact) mass is 335 g/mol. The summed E-state index contributed by atoms with van der Waals surface area (Å²) in [6.07, 6.45) is 0. The maximum Gasteiger partial charge on any atom is 0.231 e. The summed E-state index contributed by atoms with van der Waals surface area (Å²) < 4.78 is 10.6. The van der Waals surface area contributed by atoms with Crippen LogP contribution in [0.2, 0.25) is 5.02 Å². The van der Waals surface area contributed by atoms with E-state index in [1.165, 1.54) is 11.8 Å². The molecule has 0 saturated heterocycles. The quantitative estimate of drug-likeness (QED) is 0.850. The molecule has 1 amide bonds. The number of benzene rings is 2. The van der Waals surface area contributed by atoms with Crippen LogP contribution in [0.1, 0.15) is 5.56 Å². The first-order valence-corrected chi connectivity index (χ1v) is 8.11. The lowest BCUT2D eigenvalue weighted by atomic mass is 10.2. The maximum absolute atomic E-state index is 11.9. The van der Waals surface area contributed by atoms with Gasteiger partial charge in [0.2, 0.25) is 12.7 Å². The smallest absolute Gasteiger partial charge is 0.231 e. The fraction of sp³-hybridized carbons (Fsp3) is 0.188. The predicted octanol–water partition coefficient (Wildman–Crippen LogP) is 3.48. The molecule has 1 aliphatic rings. The van der Waals surface area contributed by atoms with Gasteiger partial charge in [-0.1, -0.05) is 17.7 Å². The lowest BCUT2D eigenvalue weighted by Crippen LogP contribution is -2.24. The highest BCUT2D eigenvalue weighted by molar-refractivity contribution is 8.00. The van der Waals surface area contributed by atoms with Gasteiger partial charge in [0.05, 0.1) is 5.75 Å². The molecule has 2 aromatic carbocycles. The molecule has 0 radical (unpaired) electrons. The first-order valence-electron chi connectivity index (χ1n) is 6.74. The summed E-state index contributed by atoms with van der Waals surface area (Å²) in [4.78, 5) is 12.9. The number of halogens is 1. The van der Waals surface area contributed by atoms with Crippen LogP contribution < -0.4 is 14.8 Å². The second-order valence-corrected chi connectivity index (χ2v) is 6.19. The number of ether oxygens (including phenoxy) is 2. The van der Waals surface area contributed by atoms with Crippen LogP contribution in [0.15, 0.2) is 47.4 Å². The normalized spacial score (nSPS) is 12.2. The number of carbonyl (C=O) groups excluding carboxylic acids is 1. The van der Waals surface area contributed by atoms with E-state index in [1.54, 1.807) is 0 Å². The third-order valence-corrected chi connectivity index (χ3v) is 4.37. The second kappa shape index (κ2) is 6.94. The third-order valence-electron chi connectivity index (χ3n) is 3.11. The maximum atomic E-state index is 11.9. The molecular formula is C16H14ClNO3S. The third kappa shape index (κ3) is 3.87. The van der Waals surface area contributed by atoms with Crippen molar-refractivity contribution < 1.29 is 14.3 Å². The molecule has 22 heavy (non-hydrogen) atoms. The SMILES string of the molecule is O=C(CSc1ccc(Cl)cc1)NCc1ccc2c(c1)OCO2. The summed E-state index contributed by atoms with van der Waals surface area (Å²) in [7, 11) is 0. The fourth-order valence-corrected chi connectivity index (χ4v) is 2.84. The summed E-state index contributed by atoms with van der Waals surface area (Å²) in [5.74, 6) is 1.82. The van der Waals surface area contributed by atoms with Gasteiger partial charge < -0.3 is 14.8 Å². The Kier molecular flexibility index (Phi) is 4.75. The molecule has 0 atom stereocenters. The molecule has 6 heteroatoms. The zero-order valence-electron chi connectivity index (χ0n) is 11.7. The van der Waals surface area contributed by atoms with Crippen LogP contribution in [-0.4, -0.2) is 18.5 Å². The highest BCUT2D eigenvalue weighted by Gasteiger charge is 2.13. The predicted molar refractivity (Wildman–Crippen MR) is 86.6 cm³/mol. The highest BCUT2D eigenvalue weighted by atomic mass is 35.5. The van der Waals surface area contributed by atoms with Crippen LogP contribution >= 0.6 is 23.4 Å². The summed E-state index contributed by atoms with van der Waals surface area (Å²) in [5.41, 5.74) is 0.981. The van der Waals surface area contributed by atoms with Gasteiger partial charge in [-0.2, -0.15) is 0 Å². The first-order chi connectivity index (χ1) is 10.7. The zero-order chi connectivity index (χ0) is 15.4. The fourth-order valence-electron chi connectivity index (χ4n) is 1.98. The van der Waals surface area contributed by atoms with E-state index in [-0.39, 0.29) is 12.7 Å². The summed E-state index contributed by atoms with van der Waals surface area (Å²) in [6.45, 7) is 0.722. The highest BCUT2D eigenvalue weighted by Crippen LogP contribution is 2.32. The van der Waals surface area contributed by atoms with Crippen molar-refractivity contribution in [3.8, 4) is 11.5 Å². The number of hydrogen-bond donors (Lipinski definition) is 1. The van der Waals surface area contributed by atoms with E-state index in [1.807, 2.05) is 42.5 Å². The zero-order valence-corrected chi connectivity index (χ0v) is 13.2. The summed E-state index contributed by atoms with van der Waals surface area (Å²) >= 11 is 7.30. The van der Waals surface area contributed by atoms with Crippen molar-refractivity contribution in [2.75, 3.05) is 12.5 Å². The average Bonchev–Trinajstić information content (AvgIpc) is 3.00. The molecule has 0 bridgehead atoms. The van der Waals surface area contributed by atoms with Crippen LogP contribution in [0.4, 0.5) is 0 Å². The van der Waals surface area contributed by atoms with E-state index in [2.05, 4.69) is 5.32 Å². The lowest BCUT2D eigenvalue weighted by molar-refractivity contribution is -0.118. The first kappa shape index (κ1) is 15.1. The molecule has 2 aromatic rings. The Bertz CT molecular complexity index is 676. The second-order valence-electron chi connectivity index (χ2n) is 4.71. The summed E-state index contributed by atoms with van der Waals surface area (Å²) in [6, 6.07) is 13.1. The molecule has 0 aromatic heterocycles. The van der Waals surface area contributed by atoms with Crippen LogP contribution in [0.5, 0.6) is 11.5 Å². The number of fused-ring (bicyclic) bond motifs is 1. The Balaban J connectivity index is 1.47. The number of amides is 1. The van der Waals surface area contributed by atoms with Crippen LogP contribution in [0.25, 0.3) is 0 Å². The average molecular weight is 336 g/mol. The number of nitrogens with one attached hydrogen (secondary N) is 1. The lowest BCUT2D eigenvalue weighted by Gasteiger charge is -2.06. The van der Waals surface area contributed by atoms with Crippen molar-refractivity contribution in [2.45, 2.75) is 11.4 Å². The molecule has 0 fully saturated rings. The minimum absolute atomic E-state index is 0.0161. The molecule has 0 saturated carbocycles. The van der Waals surface area contributed by atoms with E-state index < -0.39 is 0 Å². The molecule has 114 valence electrons. The molecule has 0 aliphatic carbocycles. The van der Waals surface area contributed by atoms with Gasteiger partial charge in [-0.3, -0.25) is 4.79 Å². The molecule has 0 unspecified atom stereocenters.